The second-order valence-electron chi connectivity index (χ2n) is 8.03. The standard InChI is InChI=1S/C19H30N6/c1-4-5-8-25-19-17(15(23-25)9-13(2)3)18(21-12-22-19)24-10-14-6-7-20-16(14)11-24/h12-14,16,20H,4-11H2,1-3H3/t14-,16+/m0/s1. The molecule has 6 heteroatoms. The number of unbranched alkanes of at least 4 members (excludes halogenated alkanes) is 1. The molecule has 2 saturated heterocycles. The second-order valence-corrected chi connectivity index (χ2v) is 8.03. The van der Waals surface area contributed by atoms with Crippen LogP contribution in [0.25, 0.3) is 11.0 Å². The molecule has 2 aromatic heterocycles. The SMILES string of the molecule is CCCCn1nc(CC(C)C)c2c(N3C[C@@H]4CCN[C@@H]4C3)ncnc21. The zero-order valence-electron chi connectivity index (χ0n) is 15.7. The van der Waals surface area contributed by atoms with E-state index in [9.17, 15) is 0 Å². The van der Waals surface area contributed by atoms with Gasteiger partial charge in [-0.1, -0.05) is 27.2 Å². The third kappa shape index (κ3) is 3.12. The van der Waals surface area contributed by atoms with Crippen LogP contribution in [0.4, 0.5) is 5.82 Å². The second kappa shape index (κ2) is 6.90. The lowest BCUT2D eigenvalue weighted by molar-refractivity contribution is 0.556. The molecule has 6 nitrogen and oxygen atoms in total. The Bertz CT molecular complexity index is 725. The first-order chi connectivity index (χ1) is 12.2. The molecule has 1 N–H and O–H groups in total. The Morgan fingerprint density at radius 1 is 1.28 bits per heavy atom. The lowest BCUT2D eigenvalue weighted by Gasteiger charge is -2.19. The molecular weight excluding hydrogens is 312 g/mol. The van der Waals surface area contributed by atoms with Gasteiger partial charge >= 0.3 is 0 Å². The molecule has 0 unspecified atom stereocenters. The van der Waals surface area contributed by atoms with Crippen molar-refractivity contribution in [3.8, 4) is 0 Å². The van der Waals surface area contributed by atoms with Crippen molar-refractivity contribution in [3.05, 3.63) is 12.0 Å². The fourth-order valence-corrected chi connectivity index (χ4v) is 4.32. The summed E-state index contributed by atoms with van der Waals surface area (Å²) in [6.07, 6.45) is 6.29. The van der Waals surface area contributed by atoms with Gasteiger partial charge in [0.1, 0.15) is 12.1 Å². The van der Waals surface area contributed by atoms with Crippen LogP contribution in [0.5, 0.6) is 0 Å². The normalized spacial score (nSPS) is 23.1. The summed E-state index contributed by atoms with van der Waals surface area (Å²) in [4.78, 5) is 11.8. The van der Waals surface area contributed by atoms with Gasteiger partial charge in [0.2, 0.25) is 0 Å². The van der Waals surface area contributed by atoms with Crippen LogP contribution >= 0.6 is 0 Å². The molecule has 0 bridgehead atoms. The Hall–Kier alpha value is -1.69. The third-order valence-corrected chi connectivity index (χ3v) is 5.57. The zero-order chi connectivity index (χ0) is 17.4. The molecule has 0 saturated carbocycles. The number of aryl methyl sites for hydroxylation is 1. The van der Waals surface area contributed by atoms with Crippen molar-refractivity contribution in [1.29, 1.82) is 0 Å². The van der Waals surface area contributed by atoms with Crippen LogP contribution in [0, 0.1) is 11.8 Å². The lowest BCUT2D eigenvalue weighted by atomic mass is 10.1. The first-order valence-electron chi connectivity index (χ1n) is 9.86. The highest BCUT2D eigenvalue weighted by atomic mass is 15.3. The molecule has 2 aliphatic heterocycles. The van der Waals surface area contributed by atoms with Gasteiger partial charge in [-0.15, -0.1) is 0 Å². The number of aromatic nitrogens is 4. The number of hydrogen-bond acceptors (Lipinski definition) is 5. The number of hydrogen-bond donors (Lipinski definition) is 1. The summed E-state index contributed by atoms with van der Waals surface area (Å²) in [7, 11) is 0. The predicted molar refractivity (Wildman–Crippen MR) is 101 cm³/mol. The van der Waals surface area contributed by atoms with E-state index in [4.69, 9.17) is 10.1 Å². The number of anilines is 1. The molecule has 2 aliphatic rings. The molecule has 0 radical (unpaired) electrons. The van der Waals surface area contributed by atoms with Gasteiger partial charge in [-0.05, 0) is 37.6 Å². The van der Waals surface area contributed by atoms with Crippen molar-refractivity contribution in [2.45, 2.75) is 59.0 Å². The smallest absolute Gasteiger partial charge is 0.163 e. The van der Waals surface area contributed by atoms with Crippen LogP contribution in [-0.2, 0) is 13.0 Å². The Morgan fingerprint density at radius 3 is 2.92 bits per heavy atom. The van der Waals surface area contributed by atoms with Crippen LogP contribution in [0.15, 0.2) is 6.33 Å². The predicted octanol–water partition coefficient (Wildman–Crippen LogP) is 2.62. The van der Waals surface area contributed by atoms with Crippen molar-refractivity contribution < 1.29 is 0 Å². The quantitative estimate of drug-likeness (QED) is 0.874. The first kappa shape index (κ1) is 16.8. The monoisotopic (exact) mass is 342 g/mol. The molecule has 136 valence electrons. The fraction of sp³-hybridized carbons (Fsp3) is 0.737. The minimum absolute atomic E-state index is 0.574. The van der Waals surface area contributed by atoms with Gasteiger partial charge in [-0.2, -0.15) is 5.10 Å². The Balaban J connectivity index is 1.74. The van der Waals surface area contributed by atoms with Crippen molar-refractivity contribution in [3.63, 3.8) is 0 Å². The summed E-state index contributed by atoms with van der Waals surface area (Å²) < 4.78 is 2.11. The first-order valence-corrected chi connectivity index (χ1v) is 9.86. The highest BCUT2D eigenvalue weighted by Crippen LogP contribution is 2.33. The summed E-state index contributed by atoms with van der Waals surface area (Å²) in [5, 5.41) is 9.77. The number of nitrogens with zero attached hydrogens (tertiary/aromatic N) is 5. The molecular formula is C19H30N6. The van der Waals surface area contributed by atoms with Gasteiger partial charge in [-0.3, -0.25) is 0 Å². The van der Waals surface area contributed by atoms with Crippen LogP contribution in [0.2, 0.25) is 0 Å². The average Bonchev–Trinajstić information content (AvgIpc) is 3.26. The van der Waals surface area contributed by atoms with E-state index in [1.807, 2.05) is 0 Å². The van der Waals surface area contributed by atoms with E-state index in [1.165, 1.54) is 23.9 Å². The van der Waals surface area contributed by atoms with Gasteiger partial charge in [0, 0.05) is 25.7 Å². The molecule has 4 heterocycles. The van der Waals surface area contributed by atoms with Crippen LogP contribution in [-0.4, -0.2) is 45.4 Å². The molecule has 2 fully saturated rings. The highest BCUT2D eigenvalue weighted by Gasteiger charge is 2.37. The van der Waals surface area contributed by atoms with E-state index >= 15 is 0 Å². The van der Waals surface area contributed by atoms with Crippen molar-refractivity contribution in [1.82, 2.24) is 25.1 Å². The highest BCUT2D eigenvalue weighted by molar-refractivity contribution is 5.90. The largest absolute Gasteiger partial charge is 0.354 e. The molecule has 0 aliphatic carbocycles. The van der Waals surface area contributed by atoms with E-state index in [2.05, 4.69) is 40.7 Å². The molecule has 4 rings (SSSR count). The Labute approximate surface area is 150 Å². The summed E-state index contributed by atoms with van der Waals surface area (Å²) in [6, 6.07) is 0.619. The van der Waals surface area contributed by atoms with Crippen LogP contribution in [0.1, 0.15) is 45.7 Å². The summed E-state index contributed by atoms with van der Waals surface area (Å²) in [5.74, 6) is 2.43. The maximum atomic E-state index is 4.94. The zero-order valence-corrected chi connectivity index (χ0v) is 15.7. The molecule has 0 aromatic carbocycles. The topological polar surface area (TPSA) is 58.9 Å². The molecule has 2 aromatic rings. The van der Waals surface area contributed by atoms with Crippen molar-refractivity contribution in [2.75, 3.05) is 24.5 Å². The van der Waals surface area contributed by atoms with E-state index in [0.29, 0.717) is 12.0 Å². The van der Waals surface area contributed by atoms with E-state index in [1.54, 1.807) is 6.33 Å². The average molecular weight is 342 g/mol. The van der Waals surface area contributed by atoms with E-state index < -0.39 is 0 Å². The summed E-state index contributed by atoms with van der Waals surface area (Å²) in [6.45, 7) is 11.0. The summed E-state index contributed by atoms with van der Waals surface area (Å²) in [5.41, 5.74) is 2.18. The molecule has 2 atom stereocenters. The fourth-order valence-electron chi connectivity index (χ4n) is 4.32. The Kier molecular flexibility index (Phi) is 4.63. The number of fused-ring (bicyclic) bond motifs is 2. The molecule has 25 heavy (non-hydrogen) atoms. The Morgan fingerprint density at radius 2 is 2.16 bits per heavy atom. The van der Waals surface area contributed by atoms with Crippen LogP contribution in [0.3, 0.4) is 0 Å². The van der Waals surface area contributed by atoms with Crippen LogP contribution < -0.4 is 10.2 Å². The molecule has 0 amide bonds. The van der Waals surface area contributed by atoms with Gasteiger partial charge in [0.05, 0.1) is 11.1 Å². The van der Waals surface area contributed by atoms with Gasteiger partial charge in [0.15, 0.2) is 5.65 Å². The maximum Gasteiger partial charge on any atom is 0.163 e. The maximum absolute atomic E-state index is 4.94. The van der Waals surface area contributed by atoms with E-state index in [0.717, 1.165) is 56.4 Å². The van der Waals surface area contributed by atoms with Gasteiger partial charge in [0.25, 0.3) is 0 Å². The summed E-state index contributed by atoms with van der Waals surface area (Å²) >= 11 is 0. The molecule has 0 spiro atoms. The number of nitrogens with one attached hydrogen (secondary N) is 1. The van der Waals surface area contributed by atoms with Crippen molar-refractivity contribution in [2.24, 2.45) is 11.8 Å². The number of rotatable bonds is 6. The lowest BCUT2D eigenvalue weighted by Crippen LogP contribution is -2.30. The van der Waals surface area contributed by atoms with Gasteiger partial charge < -0.3 is 10.2 Å². The third-order valence-electron chi connectivity index (χ3n) is 5.57. The van der Waals surface area contributed by atoms with Gasteiger partial charge in [-0.25, -0.2) is 14.6 Å². The minimum Gasteiger partial charge on any atom is -0.354 e. The van der Waals surface area contributed by atoms with E-state index in [-0.39, 0.29) is 0 Å². The minimum atomic E-state index is 0.574. The van der Waals surface area contributed by atoms with Crippen molar-refractivity contribution >= 4 is 16.9 Å².